The van der Waals surface area contributed by atoms with E-state index in [2.05, 4.69) is 16.9 Å². The third kappa shape index (κ3) is 3.50. The molecule has 0 aromatic carbocycles. The first-order valence-corrected chi connectivity index (χ1v) is 3.31. The van der Waals surface area contributed by atoms with Gasteiger partial charge in [0, 0.05) is 12.0 Å². The molecule has 4 N–H and O–H groups in total. The number of hydrogen-bond acceptors (Lipinski definition) is 4. The number of allylic oxidation sites excluding steroid dienone is 1. The van der Waals surface area contributed by atoms with E-state index in [-0.39, 0.29) is 11.8 Å². The van der Waals surface area contributed by atoms with Gasteiger partial charge in [0.05, 0.1) is 11.9 Å². The van der Waals surface area contributed by atoms with Crippen LogP contribution in [0.3, 0.4) is 0 Å². The number of oxime groups is 1. The summed E-state index contributed by atoms with van der Waals surface area (Å²) in [5.41, 5.74) is 5.62. The number of nitrogens with zero attached hydrogens (tertiary/aromatic N) is 2. The molecule has 12 heavy (non-hydrogen) atoms. The summed E-state index contributed by atoms with van der Waals surface area (Å²) in [7, 11) is 0. The van der Waals surface area contributed by atoms with Crippen LogP contribution in [0.5, 0.6) is 0 Å². The van der Waals surface area contributed by atoms with Gasteiger partial charge in [-0.3, -0.25) is 10.4 Å². The second kappa shape index (κ2) is 5.06. The molecule has 0 saturated heterocycles. The quantitative estimate of drug-likeness (QED) is 0.248. The Bertz CT molecular complexity index is 232. The highest BCUT2D eigenvalue weighted by Crippen LogP contribution is 2.08. The van der Waals surface area contributed by atoms with E-state index in [1.807, 2.05) is 0 Å². The molecule has 0 spiro atoms. The first kappa shape index (κ1) is 10.3. The number of nitrogens with one attached hydrogen (secondary N) is 1. The summed E-state index contributed by atoms with van der Waals surface area (Å²) < 4.78 is 0. The average molecular weight is 168 g/mol. The minimum Gasteiger partial charge on any atom is -0.411 e. The van der Waals surface area contributed by atoms with Crippen LogP contribution in [0.1, 0.15) is 6.92 Å². The molecule has 0 bridgehead atoms. The number of aliphatic imine (C=N–C) groups is 1. The number of hydrogen-bond donors (Lipinski definition) is 3. The third-order valence-electron chi connectivity index (χ3n) is 1.24. The van der Waals surface area contributed by atoms with E-state index in [0.29, 0.717) is 5.70 Å². The molecule has 0 radical (unpaired) electrons. The Hall–Kier alpha value is -1.65. The van der Waals surface area contributed by atoms with Crippen molar-refractivity contribution in [3.05, 3.63) is 11.8 Å². The van der Waals surface area contributed by atoms with Crippen molar-refractivity contribution in [1.29, 1.82) is 5.41 Å². The van der Waals surface area contributed by atoms with Gasteiger partial charge in [-0.1, -0.05) is 6.92 Å². The van der Waals surface area contributed by atoms with Crippen molar-refractivity contribution >= 4 is 18.8 Å². The second-order valence-electron chi connectivity index (χ2n) is 2.24. The topological polar surface area (TPSA) is 94.8 Å². The van der Waals surface area contributed by atoms with E-state index >= 15 is 0 Å². The molecule has 1 unspecified atom stereocenters. The Kier molecular flexibility index (Phi) is 4.36. The van der Waals surface area contributed by atoms with Crippen LogP contribution in [0.25, 0.3) is 0 Å². The molecule has 0 amide bonds. The molecular weight excluding hydrogens is 156 g/mol. The van der Waals surface area contributed by atoms with E-state index in [9.17, 15) is 0 Å². The lowest BCUT2D eigenvalue weighted by atomic mass is 10.1. The zero-order valence-electron chi connectivity index (χ0n) is 6.86. The standard InChI is InChI=1S/C7H12N4O/c1-5(4-11-12)6(10-2)3-7(8)9/h3-5,12H,2H2,1H3,(H3,8,9)/b6-3-,11-4-. The zero-order valence-corrected chi connectivity index (χ0v) is 6.86. The largest absolute Gasteiger partial charge is 0.411 e. The first-order chi connectivity index (χ1) is 5.61. The highest BCUT2D eigenvalue weighted by molar-refractivity contribution is 5.90. The van der Waals surface area contributed by atoms with Crippen LogP contribution in [0.4, 0.5) is 0 Å². The van der Waals surface area contributed by atoms with Crippen LogP contribution >= 0.6 is 0 Å². The summed E-state index contributed by atoms with van der Waals surface area (Å²) in [6.45, 7) is 5.06. The molecule has 5 nitrogen and oxygen atoms in total. The molecule has 1 atom stereocenters. The minimum absolute atomic E-state index is 0.101. The maximum Gasteiger partial charge on any atom is 0.117 e. The Morgan fingerprint density at radius 1 is 1.75 bits per heavy atom. The predicted molar refractivity (Wildman–Crippen MR) is 49.0 cm³/mol. The van der Waals surface area contributed by atoms with Crippen LogP contribution in [-0.4, -0.2) is 24.0 Å². The Labute approximate surface area is 70.8 Å². The van der Waals surface area contributed by atoms with Crippen LogP contribution in [-0.2, 0) is 0 Å². The number of amidine groups is 1. The Balaban J connectivity index is 4.54. The zero-order chi connectivity index (χ0) is 9.56. The first-order valence-electron chi connectivity index (χ1n) is 3.31. The SMILES string of the molecule is C=N/C(=C\C(=N)N)C(C)/C=N\O. The molecule has 0 aromatic heterocycles. The number of rotatable bonds is 4. The van der Waals surface area contributed by atoms with Crippen molar-refractivity contribution in [2.45, 2.75) is 6.92 Å². The van der Waals surface area contributed by atoms with Crippen LogP contribution in [0.15, 0.2) is 21.9 Å². The lowest BCUT2D eigenvalue weighted by Gasteiger charge is -2.03. The molecule has 0 fully saturated rings. The van der Waals surface area contributed by atoms with Gasteiger partial charge in [0.15, 0.2) is 0 Å². The molecule has 66 valence electrons. The molecule has 0 aliphatic heterocycles. The molecule has 0 aromatic rings. The summed E-state index contributed by atoms with van der Waals surface area (Å²) in [4.78, 5) is 3.63. The van der Waals surface area contributed by atoms with E-state index in [0.717, 1.165) is 0 Å². The molecule has 0 aliphatic rings. The van der Waals surface area contributed by atoms with E-state index in [4.69, 9.17) is 16.4 Å². The van der Waals surface area contributed by atoms with Gasteiger partial charge in [0.25, 0.3) is 0 Å². The third-order valence-corrected chi connectivity index (χ3v) is 1.24. The number of nitrogens with two attached hydrogens (primary N) is 1. The lowest BCUT2D eigenvalue weighted by molar-refractivity contribution is 0.319. The van der Waals surface area contributed by atoms with Crippen molar-refractivity contribution in [2.75, 3.05) is 0 Å². The lowest BCUT2D eigenvalue weighted by Crippen LogP contribution is -2.09. The normalized spacial score (nSPS) is 14.6. The van der Waals surface area contributed by atoms with Gasteiger partial charge in [0.1, 0.15) is 5.84 Å². The Morgan fingerprint density at radius 3 is 2.67 bits per heavy atom. The van der Waals surface area contributed by atoms with Crippen LogP contribution in [0, 0.1) is 11.3 Å². The van der Waals surface area contributed by atoms with E-state index in [1.165, 1.54) is 12.3 Å². The molecule has 0 saturated carbocycles. The van der Waals surface area contributed by atoms with Crippen molar-refractivity contribution in [1.82, 2.24) is 0 Å². The summed E-state index contributed by atoms with van der Waals surface area (Å²) in [6, 6.07) is 0. The fraction of sp³-hybridized carbons (Fsp3) is 0.286. The monoisotopic (exact) mass is 168 g/mol. The van der Waals surface area contributed by atoms with Crippen molar-refractivity contribution in [3.8, 4) is 0 Å². The smallest absolute Gasteiger partial charge is 0.117 e. The van der Waals surface area contributed by atoms with Gasteiger partial charge in [-0.15, -0.1) is 5.16 Å². The minimum atomic E-state index is -0.198. The van der Waals surface area contributed by atoms with Gasteiger partial charge in [-0.25, -0.2) is 0 Å². The summed E-state index contributed by atoms with van der Waals surface area (Å²) in [6.07, 6.45) is 2.64. The van der Waals surface area contributed by atoms with Crippen LogP contribution in [0.2, 0.25) is 0 Å². The van der Waals surface area contributed by atoms with E-state index in [1.54, 1.807) is 6.92 Å². The maximum absolute atomic E-state index is 8.21. The Morgan fingerprint density at radius 2 is 2.33 bits per heavy atom. The molecule has 5 heteroatoms. The van der Waals surface area contributed by atoms with E-state index < -0.39 is 0 Å². The fourth-order valence-corrected chi connectivity index (χ4v) is 0.657. The highest BCUT2D eigenvalue weighted by atomic mass is 16.4. The molecule has 0 aliphatic carbocycles. The van der Waals surface area contributed by atoms with Crippen molar-refractivity contribution in [2.24, 2.45) is 21.8 Å². The van der Waals surface area contributed by atoms with Gasteiger partial charge < -0.3 is 10.9 Å². The highest BCUT2D eigenvalue weighted by Gasteiger charge is 2.03. The predicted octanol–water partition coefficient (Wildman–Crippen LogP) is 0.603. The second-order valence-corrected chi connectivity index (χ2v) is 2.24. The molecular formula is C7H12N4O. The summed E-state index contributed by atoms with van der Waals surface area (Å²) in [5.74, 6) is -0.299. The average Bonchev–Trinajstić information content (AvgIpc) is 2.00. The molecule has 0 rings (SSSR count). The van der Waals surface area contributed by atoms with Crippen molar-refractivity contribution in [3.63, 3.8) is 0 Å². The van der Waals surface area contributed by atoms with Gasteiger partial charge in [0.2, 0.25) is 0 Å². The van der Waals surface area contributed by atoms with Gasteiger partial charge in [-0.2, -0.15) is 0 Å². The van der Waals surface area contributed by atoms with Crippen molar-refractivity contribution < 1.29 is 5.21 Å². The molecule has 0 heterocycles. The summed E-state index contributed by atoms with van der Waals surface area (Å²) in [5, 5.41) is 18.0. The van der Waals surface area contributed by atoms with Gasteiger partial charge in [-0.05, 0) is 6.72 Å². The summed E-state index contributed by atoms with van der Waals surface area (Å²) >= 11 is 0. The fourth-order valence-electron chi connectivity index (χ4n) is 0.657. The van der Waals surface area contributed by atoms with Gasteiger partial charge >= 0.3 is 0 Å². The van der Waals surface area contributed by atoms with Crippen LogP contribution < -0.4 is 5.73 Å². The maximum atomic E-state index is 8.21.